The van der Waals surface area contributed by atoms with E-state index in [4.69, 9.17) is 9.47 Å². The Morgan fingerprint density at radius 2 is 1.95 bits per heavy atom. The highest BCUT2D eigenvalue weighted by molar-refractivity contribution is 5.98. The van der Waals surface area contributed by atoms with Crippen molar-refractivity contribution in [2.24, 2.45) is 28.6 Å². The second-order valence-corrected chi connectivity index (χ2v) is 7.94. The summed E-state index contributed by atoms with van der Waals surface area (Å²) in [4.78, 5) is 25.1. The number of ketones is 1. The van der Waals surface area contributed by atoms with E-state index in [2.05, 4.69) is 6.92 Å². The van der Waals surface area contributed by atoms with Crippen LogP contribution in [0, 0.1) is 28.6 Å². The number of aliphatic hydroxyl groups is 1. The molecular formula is C17H22O5. The second kappa shape index (κ2) is 3.82. The summed E-state index contributed by atoms with van der Waals surface area (Å²) >= 11 is 0. The molecule has 0 spiro atoms. The third kappa shape index (κ3) is 1.30. The fraction of sp³-hybridized carbons (Fsp3) is 0.765. The molecule has 120 valence electrons. The molecule has 3 fully saturated rings. The third-order valence-electron chi connectivity index (χ3n) is 6.88. The molecule has 0 unspecified atom stereocenters. The van der Waals surface area contributed by atoms with Crippen molar-refractivity contribution in [3.8, 4) is 0 Å². The van der Waals surface area contributed by atoms with Crippen LogP contribution in [-0.4, -0.2) is 34.9 Å². The summed E-state index contributed by atoms with van der Waals surface area (Å²) in [6.07, 6.45) is 3.48. The summed E-state index contributed by atoms with van der Waals surface area (Å²) in [6.45, 7) is 7.23. The molecule has 22 heavy (non-hydrogen) atoms. The molecule has 4 aliphatic rings. The van der Waals surface area contributed by atoms with Gasteiger partial charge in [-0.15, -0.1) is 0 Å². The van der Waals surface area contributed by atoms with Crippen molar-refractivity contribution in [2.45, 2.75) is 52.1 Å². The van der Waals surface area contributed by atoms with Gasteiger partial charge in [-0.1, -0.05) is 13.0 Å². The van der Waals surface area contributed by atoms with Gasteiger partial charge in [-0.25, -0.2) is 0 Å². The number of carbonyl (C=O) groups excluding carboxylic acids is 2. The second-order valence-electron chi connectivity index (χ2n) is 7.94. The van der Waals surface area contributed by atoms with Crippen LogP contribution in [0.4, 0.5) is 0 Å². The lowest BCUT2D eigenvalue weighted by molar-refractivity contribution is -0.239. The van der Waals surface area contributed by atoms with Crippen molar-refractivity contribution < 1.29 is 24.2 Å². The lowest BCUT2D eigenvalue weighted by atomic mass is 9.64. The fourth-order valence-electron chi connectivity index (χ4n) is 5.33. The molecule has 5 heteroatoms. The van der Waals surface area contributed by atoms with Crippen molar-refractivity contribution in [3.63, 3.8) is 0 Å². The minimum absolute atomic E-state index is 0.0226. The summed E-state index contributed by atoms with van der Waals surface area (Å²) < 4.78 is 11.6. The molecule has 2 aliphatic heterocycles. The molecule has 2 saturated heterocycles. The topological polar surface area (TPSA) is 72.8 Å². The van der Waals surface area contributed by atoms with E-state index in [1.54, 1.807) is 13.0 Å². The molecule has 5 nitrogen and oxygen atoms in total. The third-order valence-corrected chi connectivity index (χ3v) is 6.88. The van der Waals surface area contributed by atoms with E-state index in [0.29, 0.717) is 6.42 Å². The Bertz CT molecular complexity index is 608. The highest BCUT2D eigenvalue weighted by Gasteiger charge is 2.76. The molecule has 1 saturated carbocycles. The van der Waals surface area contributed by atoms with Crippen LogP contribution in [0.3, 0.4) is 0 Å². The minimum atomic E-state index is -1.62. The van der Waals surface area contributed by atoms with Gasteiger partial charge in [0, 0.05) is 5.92 Å². The molecule has 0 amide bonds. The standard InChI is InChI=1S/C17H22O5/c1-8-7-10-12-13(15(2)9(8)5-6-11(15)18)22-17(4,20)16(12,3)14(19)21-10/h5-6,8-10,12-13,20H,7H2,1-4H3/t8-,9+,10+,12-,13-,15+,16+,17+/m1/s1. The fourth-order valence-corrected chi connectivity index (χ4v) is 5.33. The van der Waals surface area contributed by atoms with Gasteiger partial charge in [-0.2, -0.15) is 0 Å². The summed E-state index contributed by atoms with van der Waals surface area (Å²) in [6, 6.07) is 0. The monoisotopic (exact) mass is 306 g/mol. The quantitative estimate of drug-likeness (QED) is 0.686. The maximum absolute atomic E-state index is 12.6. The first-order valence-electron chi connectivity index (χ1n) is 7.98. The maximum Gasteiger partial charge on any atom is 0.318 e. The Kier molecular flexibility index (Phi) is 2.50. The van der Waals surface area contributed by atoms with Gasteiger partial charge >= 0.3 is 5.97 Å². The number of hydrogen-bond donors (Lipinski definition) is 1. The first kappa shape index (κ1) is 14.4. The highest BCUT2D eigenvalue weighted by Crippen LogP contribution is 2.64. The Labute approximate surface area is 129 Å². The molecule has 8 atom stereocenters. The van der Waals surface area contributed by atoms with Gasteiger partial charge < -0.3 is 14.6 Å². The minimum Gasteiger partial charge on any atom is -0.461 e. The number of esters is 1. The number of carbonyl (C=O) groups is 2. The predicted octanol–water partition coefficient (Wildman–Crippen LogP) is 1.44. The number of ether oxygens (including phenoxy) is 2. The highest BCUT2D eigenvalue weighted by atomic mass is 16.7. The molecule has 0 bridgehead atoms. The van der Waals surface area contributed by atoms with Crippen LogP contribution in [0.15, 0.2) is 12.2 Å². The smallest absolute Gasteiger partial charge is 0.318 e. The van der Waals surface area contributed by atoms with E-state index in [1.807, 2.05) is 13.0 Å². The van der Waals surface area contributed by atoms with Crippen LogP contribution in [0.1, 0.15) is 34.1 Å². The first-order valence-corrected chi connectivity index (χ1v) is 7.98. The SMILES string of the molecule is C[C@@H]1C[C@@H]2OC(=O)[C@]3(C)[C@H]2[C@@H](O[C@]3(C)O)[C@]2(C)C(=O)C=C[C@@H]12. The van der Waals surface area contributed by atoms with Gasteiger partial charge in [-0.05, 0) is 45.1 Å². The molecule has 0 aromatic carbocycles. The van der Waals surface area contributed by atoms with Gasteiger partial charge in [0.15, 0.2) is 11.6 Å². The van der Waals surface area contributed by atoms with Crippen LogP contribution in [0.5, 0.6) is 0 Å². The van der Waals surface area contributed by atoms with Gasteiger partial charge in [0.05, 0.1) is 11.5 Å². The van der Waals surface area contributed by atoms with E-state index in [1.165, 1.54) is 6.92 Å². The van der Waals surface area contributed by atoms with Crippen molar-refractivity contribution in [2.75, 3.05) is 0 Å². The van der Waals surface area contributed by atoms with Crippen molar-refractivity contribution >= 4 is 11.8 Å². The lowest BCUT2D eigenvalue weighted by Gasteiger charge is -2.37. The van der Waals surface area contributed by atoms with E-state index in [0.717, 1.165) is 0 Å². The summed E-state index contributed by atoms with van der Waals surface area (Å²) in [5, 5.41) is 10.8. The van der Waals surface area contributed by atoms with Gasteiger partial charge in [0.25, 0.3) is 0 Å². The molecule has 0 aromatic heterocycles. The van der Waals surface area contributed by atoms with Crippen LogP contribution in [0.25, 0.3) is 0 Å². The largest absolute Gasteiger partial charge is 0.461 e. The van der Waals surface area contributed by atoms with Gasteiger partial charge in [0.1, 0.15) is 11.5 Å². The Hall–Kier alpha value is -1.20. The molecule has 4 rings (SSSR count). The first-order chi connectivity index (χ1) is 10.1. The van der Waals surface area contributed by atoms with E-state index < -0.39 is 28.7 Å². The average molecular weight is 306 g/mol. The summed E-state index contributed by atoms with van der Waals surface area (Å²) in [5.74, 6) is -2.04. The Morgan fingerprint density at radius 1 is 1.27 bits per heavy atom. The van der Waals surface area contributed by atoms with Crippen LogP contribution in [0.2, 0.25) is 0 Å². The van der Waals surface area contributed by atoms with Crippen LogP contribution >= 0.6 is 0 Å². The number of allylic oxidation sites excluding steroid dienone is 2. The Morgan fingerprint density at radius 3 is 2.64 bits per heavy atom. The molecule has 1 N–H and O–H groups in total. The molecule has 2 heterocycles. The predicted molar refractivity (Wildman–Crippen MR) is 76.5 cm³/mol. The normalized spacial score (nSPS) is 59.2. The zero-order valence-corrected chi connectivity index (χ0v) is 13.3. The van der Waals surface area contributed by atoms with E-state index >= 15 is 0 Å². The summed E-state index contributed by atoms with van der Waals surface area (Å²) in [5.41, 5.74) is -1.86. The zero-order chi connectivity index (χ0) is 16.1. The van der Waals surface area contributed by atoms with Crippen molar-refractivity contribution in [1.29, 1.82) is 0 Å². The summed E-state index contributed by atoms with van der Waals surface area (Å²) in [7, 11) is 0. The van der Waals surface area contributed by atoms with Gasteiger partial charge in [-0.3, -0.25) is 9.59 Å². The molecule has 0 aromatic rings. The molecular weight excluding hydrogens is 284 g/mol. The van der Waals surface area contributed by atoms with Crippen molar-refractivity contribution in [1.82, 2.24) is 0 Å². The maximum atomic E-state index is 12.6. The zero-order valence-electron chi connectivity index (χ0n) is 13.3. The number of hydrogen-bond acceptors (Lipinski definition) is 5. The molecule has 2 aliphatic carbocycles. The van der Waals surface area contributed by atoms with Crippen molar-refractivity contribution in [3.05, 3.63) is 12.2 Å². The van der Waals surface area contributed by atoms with Gasteiger partial charge in [0.2, 0.25) is 0 Å². The lowest BCUT2D eigenvalue weighted by Crippen LogP contribution is -2.47. The van der Waals surface area contributed by atoms with E-state index in [-0.39, 0.29) is 29.6 Å². The number of fused-ring (bicyclic) bond motifs is 2. The Balaban J connectivity index is 1.92. The van der Waals surface area contributed by atoms with Crippen LogP contribution in [-0.2, 0) is 19.1 Å². The van der Waals surface area contributed by atoms with E-state index in [9.17, 15) is 14.7 Å². The van der Waals surface area contributed by atoms with Crippen LogP contribution < -0.4 is 0 Å². The number of rotatable bonds is 0. The molecule has 0 radical (unpaired) electrons. The average Bonchev–Trinajstić information content (AvgIpc) is 2.91.